The Hall–Kier alpha value is -2.03. The van der Waals surface area contributed by atoms with E-state index in [1.165, 1.54) is 0 Å². The number of rotatable bonds is 6. The number of ether oxygens (including phenoxy) is 2. The Morgan fingerprint density at radius 3 is 2.59 bits per heavy atom. The lowest BCUT2D eigenvalue weighted by atomic mass is 10.0. The fourth-order valence-corrected chi connectivity index (χ4v) is 7.96. The Labute approximate surface area is 198 Å². The van der Waals surface area contributed by atoms with Gasteiger partial charge in [0, 0.05) is 24.0 Å². The minimum absolute atomic E-state index is 0.407. The van der Waals surface area contributed by atoms with Gasteiger partial charge >= 0.3 is 0 Å². The molecule has 0 amide bonds. The third kappa shape index (κ3) is 4.40. The fourth-order valence-electron chi connectivity index (χ4n) is 4.25. The van der Waals surface area contributed by atoms with Crippen molar-refractivity contribution in [3.8, 4) is 22.8 Å². The second-order valence-corrected chi connectivity index (χ2v) is 12.2. The Balaban J connectivity index is 1.48. The van der Waals surface area contributed by atoms with Gasteiger partial charge in [0.2, 0.25) is 0 Å². The van der Waals surface area contributed by atoms with Crippen LogP contribution in [-0.2, 0) is 9.84 Å². The lowest BCUT2D eigenvalue weighted by Crippen LogP contribution is -2.47. The number of piperidine rings is 1. The van der Waals surface area contributed by atoms with Gasteiger partial charge in [0.05, 0.1) is 30.0 Å². The molecular weight excluding hydrogens is 468 g/mol. The minimum atomic E-state index is -3.40. The maximum Gasteiger partial charge on any atom is 0.185 e. The summed E-state index contributed by atoms with van der Waals surface area (Å²) in [6, 6.07) is 5.62. The third-order valence-corrected chi connectivity index (χ3v) is 10.2. The molecule has 2 unspecified atom stereocenters. The van der Waals surface area contributed by atoms with E-state index in [-0.39, 0.29) is 0 Å². The predicted octanol–water partition coefficient (Wildman–Crippen LogP) is 4.70. The molecule has 0 radical (unpaired) electrons. The predicted molar refractivity (Wildman–Crippen MR) is 131 cm³/mol. The second-order valence-electron chi connectivity index (χ2n) is 8.17. The standard InChI is InChI=1S/C23H27ClN2O4S2/c1-23(24)11-5-4-6-21(23)32(27,28)17-9-12-26(13-10-17)22-25-19(15-31-22)18-14-16(29-2)7-8-20(18)30-3/h4-8,11,14-15,17,21H,9-10,12-13H2,1-3H3. The SMILES string of the molecule is COc1ccc(OC)c(-c2csc(N3CCC(S(=O)(=O)C4C=CC=CC4(C)Cl)CC3)n2)c1. The molecule has 2 atom stereocenters. The number of allylic oxidation sites excluding steroid dienone is 3. The van der Waals surface area contributed by atoms with Gasteiger partial charge in [-0.25, -0.2) is 13.4 Å². The second kappa shape index (κ2) is 9.08. The van der Waals surface area contributed by atoms with Crippen molar-refractivity contribution in [2.24, 2.45) is 0 Å². The topological polar surface area (TPSA) is 68.7 Å². The summed E-state index contributed by atoms with van der Waals surface area (Å²) in [5.41, 5.74) is 1.68. The van der Waals surface area contributed by atoms with Gasteiger partial charge in [0.25, 0.3) is 0 Å². The van der Waals surface area contributed by atoms with Gasteiger partial charge in [0.15, 0.2) is 15.0 Å². The van der Waals surface area contributed by atoms with Crippen molar-refractivity contribution < 1.29 is 17.9 Å². The van der Waals surface area contributed by atoms with Crippen LogP contribution < -0.4 is 14.4 Å². The number of halogens is 1. The van der Waals surface area contributed by atoms with Crippen LogP contribution in [0, 0.1) is 0 Å². The average Bonchev–Trinajstić information content (AvgIpc) is 3.28. The fraction of sp³-hybridized carbons (Fsp3) is 0.435. The van der Waals surface area contributed by atoms with E-state index in [1.54, 1.807) is 56.8 Å². The van der Waals surface area contributed by atoms with Crippen LogP contribution in [0.2, 0.25) is 0 Å². The Morgan fingerprint density at radius 2 is 1.94 bits per heavy atom. The van der Waals surface area contributed by atoms with Gasteiger partial charge in [-0.15, -0.1) is 22.9 Å². The van der Waals surface area contributed by atoms with Crippen molar-refractivity contribution in [1.29, 1.82) is 0 Å². The summed E-state index contributed by atoms with van der Waals surface area (Å²) in [6.45, 7) is 3.03. The number of sulfone groups is 1. The van der Waals surface area contributed by atoms with E-state index in [2.05, 4.69) is 4.90 Å². The van der Waals surface area contributed by atoms with Crippen molar-refractivity contribution in [1.82, 2.24) is 4.98 Å². The maximum absolute atomic E-state index is 13.3. The lowest BCUT2D eigenvalue weighted by molar-refractivity contribution is 0.404. The summed E-state index contributed by atoms with van der Waals surface area (Å²) >= 11 is 8.07. The van der Waals surface area contributed by atoms with E-state index in [9.17, 15) is 8.42 Å². The first-order valence-corrected chi connectivity index (χ1v) is 13.3. The van der Waals surface area contributed by atoms with Crippen LogP contribution in [0.1, 0.15) is 19.8 Å². The minimum Gasteiger partial charge on any atom is -0.497 e. The van der Waals surface area contributed by atoms with Crippen LogP contribution in [-0.4, -0.2) is 56.1 Å². The molecule has 0 N–H and O–H groups in total. The smallest absolute Gasteiger partial charge is 0.185 e. The normalized spacial score (nSPS) is 24.0. The first-order valence-electron chi connectivity index (χ1n) is 10.5. The van der Waals surface area contributed by atoms with Crippen molar-refractivity contribution in [3.05, 3.63) is 47.9 Å². The highest BCUT2D eigenvalue weighted by Gasteiger charge is 2.44. The van der Waals surface area contributed by atoms with E-state index < -0.39 is 25.2 Å². The summed E-state index contributed by atoms with van der Waals surface area (Å²) in [6.07, 6.45) is 8.16. The molecule has 172 valence electrons. The Bertz CT molecular complexity index is 1130. The molecule has 2 heterocycles. The summed E-state index contributed by atoms with van der Waals surface area (Å²) in [5.74, 6) is 1.46. The number of hydrogen-bond donors (Lipinski definition) is 0. The molecule has 9 heteroatoms. The number of anilines is 1. The molecule has 2 aliphatic rings. The quantitative estimate of drug-likeness (QED) is 0.542. The number of nitrogens with zero attached hydrogens (tertiary/aromatic N) is 2. The molecule has 2 aromatic rings. The third-order valence-electron chi connectivity index (χ3n) is 6.08. The van der Waals surface area contributed by atoms with Crippen molar-refractivity contribution in [3.63, 3.8) is 0 Å². The molecule has 1 aliphatic carbocycles. The lowest BCUT2D eigenvalue weighted by Gasteiger charge is -2.36. The highest BCUT2D eigenvalue weighted by molar-refractivity contribution is 7.93. The van der Waals surface area contributed by atoms with Crippen LogP contribution in [0.25, 0.3) is 11.3 Å². The number of thiazole rings is 1. The number of benzene rings is 1. The summed E-state index contributed by atoms with van der Waals surface area (Å²) < 4.78 is 37.4. The highest BCUT2D eigenvalue weighted by Crippen LogP contribution is 2.38. The molecule has 32 heavy (non-hydrogen) atoms. The molecule has 1 saturated heterocycles. The molecule has 1 fully saturated rings. The van der Waals surface area contributed by atoms with Gasteiger partial charge in [-0.3, -0.25) is 0 Å². The van der Waals surface area contributed by atoms with Gasteiger partial charge in [-0.2, -0.15) is 0 Å². The number of methoxy groups -OCH3 is 2. The van der Waals surface area contributed by atoms with E-state index in [0.717, 1.165) is 27.9 Å². The Kier molecular flexibility index (Phi) is 6.56. The van der Waals surface area contributed by atoms with Crippen molar-refractivity contribution >= 4 is 37.9 Å². The van der Waals surface area contributed by atoms with Crippen LogP contribution in [0.5, 0.6) is 11.5 Å². The summed E-state index contributed by atoms with van der Waals surface area (Å²) in [7, 11) is -0.138. The molecule has 1 aromatic heterocycles. The summed E-state index contributed by atoms with van der Waals surface area (Å²) in [5, 5.41) is 1.76. The van der Waals surface area contributed by atoms with Crippen LogP contribution in [0.4, 0.5) is 5.13 Å². The van der Waals surface area contributed by atoms with Gasteiger partial charge < -0.3 is 14.4 Å². The molecule has 1 aromatic carbocycles. The summed E-state index contributed by atoms with van der Waals surface area (Å²) in [4.78, 5) is 6.05. The number of aromatic nitrogens is 1. The first-order chi connectivity index (χ1) is 15.3. The first kappa shape index (κ1) is 23.1. The molecule has 1 aliphatic heterocycles. The maximum atomic E-state index is 13.3. The zero-order valence-electron chi connectivity index (χ0n) is 18.3. The molecule has 0 bridgehead atoms. The van der Waals surface area contributed by atoms with E-state index in [4.69, 9.17) is 26.1 Å². The van der Waals surface area contributed by atoms with Gasteiger partial charge in [-0.1, -0.05) is 24.3 Å². The highest BCUT2D eigenvalue weighted by atomic mass is 35.5. The molecule has 6 nitrogen and oxygen atoms in total. The molecule has 4 rings (SSSR count). The van der Waals surface area contributed by atoms with E-state index >= 15 is 0 Å². The molecule has 0 spiro atoms. The zero-order valence-corrected chi connectivity index (χ0v) is 20.7. The zero-order chi connectivity index (χ0) is 22.9. The van der Waals surface area contributed by atoms with E-state index in [1.807, 2.05) is 23.6 Å². The van der Waals surface area contributed by atoms with Crippen LogP contribution in [0.15, 0.2) is 47.9 Å². The van der Waals surface area contributed by atoms with Crippen molar-refractivity contribution in [2.75, 3.05) is 32.2 Å². The molecule has 0 saturated carbocycles. The van der Waals surface area contributed by atoms with E-state index in [0.29, 0.717) is 25.9 Å². The average molecular weight is 495 g/mol. The van der Waals surface area contributed by atoms with Crippen LogP contribution >= 0.6 is 22.9 Å². The van der Waals surface area contributed by atoms with Crippen molar-refractivity contribution in [2.45, 2.75) is 35.1 Å². The molecular formula is C23H27ClN2O4S2. The van der Waals surface area contributed by atoms with Crippen LogP contribution in [0.3, 0.4) is 0 Å². The van der Waals surface area contributed by atoms with Gasteiger partial charge in [-0.05, 0) is 38.0 Å². The number of hydrogen-bond acceptors (Lipinski definition) is 7. The Morgan fingerprint density at radius 1 is 1.19 bits per heavy atom. The van der Waals surface area contributed by atoms with Gasteiger partial charge in [0.1, 0.15) is 16.7 Å². The largest absolute Gasteiger partial charge is 0.497 e. The number of alkyl halides is 1. The monoisotopic (exact) mass is 494 g/mol.